The molecular formula is C13H23NO. The van der Waals surface area contributed by atoms with E-state index in [9.17, 15) is 5.11 Å². The zero-order chi connectivity index (χ0) is 11.4. The van der Waals surface area contributed by atoms with Crippen molar-refractivity contribution >= 4 is 0 Å². The number of hydrogen-bond acceptors (Lipinski definition) is 2. The number of hydrogen-bond donors (Lipinski definition) is 2. The second-order valence-electron chi connectivity index (χ2n) is 4.48. The first-order chi connectivity index (χ1) is 7.10. The van der Waals surface area contributed by atoms with Crippen LogP contribution in [0.1, 0.15) is 40.5 Å². The largest absolute Gasteiger partial charge is 0.387 e. The van der Waals surface area contributed by atoms with Gasteiger partial charge in [0.25, 0.3) is 0 Å². The van der Waals surface area contributed by atoms with Gasteiger partial charge in [-0.05, 0) is 30.9 Å². The Hall–Kier alpha value is -0.600. The summed E-state index contributed by atoms with van der Waals surface area (Å²) in [6.07, 6.45) is 5.77. The van der Waals surface area contributed by atoms with Crippen LogP contribution in [0.15, 0.2) is 23.3 Å². The Labute approximate surface area is 93.1 Å². The van der Waals surface area contributed by atoms with Gasteiger partial charge in [0.15, 0.2) is 0 Å². The first-order valence-electron chi connectivity index (χ1n) is 5.88. The molecule has 0 aliphatic heterocycles. The van der Waals surface area contributed by atoms with Gasteiger partial charge in [0.1, 0.15) is 0 Å². The molecule has 0 aromatic heterocycles. The minimum Gasteiger partial charge on any atom is -0.387 e. The Morgan fingerprint density at radius 3 is 2.67 bits per heavy atom. The molecule has 0 radical (unpaired) electrons. The third-order valence-electron chi connectivity index (χ3n) is 2.89. The van der Waals surface area contributed by atoms with Crippen LogP contribution in [-0.4, -0.2) is 23.3 Å². The summed E-state index contributed by atoms with van der Waals surface area (Å²) in [4.78, 5) is 0. The van der Waals surface area contributed by atoms with Gasteiger partial charge in [0, 0.05) is 12.1 Å². The topological polar surface area (TPSA) is 32.3 Å². The lowest BCUT2D eigenvalue weighted by atomic mass is 10.1. The van der Waals surface area contributed by atoms with Crippen molar-refractivity contribution in [3.8, 4) is 0 Å². The van der Waals surface area contributed by atoms with E-state index >= 15 is 0 Å². The number of allylic oxidation sites excluding steroid dienone is 2. The minimum atomic E-state index is -0.302. The number of rotatable bonds is 4. The molecule has 15 heavy (non-hydrogen) atoms. The molecule has 0 heterocycles. The fraction of sp³-hybridized carbons (Fsp3) is 0.692. The molecule has 0 aromatic carbocycles. The van der Waals surface area contributed by atoms with Crippen LogP contribution < -0.4 is 5.32 Å². The molecule has 2 unspecified atom stereocenters. The molecule has 2 nitrogen and oxygen atoms in total. The first-order valence-corrected chi connectivity index (χ1v) is 5.88. The lowest BCUT2D eigenvalue weighted by Gasteiger charge is -2.21. The fourth-order valence-corrected chi connectivity index (χ4v) is 2.30. The monoisotopic (exact) mass is 209 g/mol. The summed E-state index contributed by atoms with van der Waals surface area (Å²) in [5, 5.41) is 13.6. The lowest BCUT2D eigenvalue weighted by Crippen LogP contribution is -2.41. The highest BCUT2D eigenvalue weighted by Crippen LogP contribution is 2.30. The molecule has 86 valence electrons. The van der Waals surface area contributed by atoms with Crippen molar-refractivity contribution in [2.24, 2.45) is 0 Å². The molecule has 1 rings (SSSR count). The normalized spacial score (nSPS) is 27.3. The molecule has 0 amide bonds. The Bertz CT molecular complexity index is 266. The minimum absolute atomic E-state index is 0.200. The molecule has 1 aliphatic carbocycles. The zero-order valence-electron chi connectivity index (χ0n) is 10.2. The van der Waals surface area contributed by atoms with Crippen LogP contribution in [0.5, 0.6) is 0 Å². The number of aliphatic hydroxyl groups is 1. The van der Waals surface area contributed by atoms with Gasteiger partial charge < -0.3 is 10.4 Å². The third-order valence-corrected chi connectivity index (χ3v) is 2.89. The van der Waals surface area contributed by atoms with Gasteiger partial charge in [-0.25, -0.2) is 0 Å². The number of nitrogens with one attached hydrogen (secondary N) is 1. The second kappa shape index (κ2) is 5.47. The molecular weight excluding hydrogens is 186 g/mol. The second-order valence-corrected chi connectivity index (χ2v) is 4.48. The zero-order valence-corrected chi connectivity index (χ0v) is 10.2. The Morgan fingerprint density at radius 1 is 1.53 bits per heavy atom. The van der Waals surface area contributed by atoms with Crippen LogP contribution in [-0.2, 0) is 0 Å². The van der Waals surface area contributed by atoms with Crippen molar-refractivity contribution in [2.45, 2.75) is 58.7 Å². The average molecular weight is 209 g/mol. The van der Waals surface area contributed by atoms with Crippen LogP contribution in [0.4, 0.5) is 0 Å². The Balaban J connectivity index is 2.75. The van der Waals surface area contributed by atoms with Crippen molar-refractivity contribution in [1.82, 2.24) is 5.32 Å². The smallest absolute Gasteiger partial charge is 0.0911 e. The highest BCUT2D eigenvalue weighted by molar-refractivity contribution is 5.35. The predicted molar refractivity (Wildman–Crippen MR) is 64.8 cm³/mol. The van der Waals surface area contributed by atoms with Gasteiger partial charge in [-0.3, -0.25) is 0 Å². The molecule has 0 bridgehead atoms. The van der Waals surface area contributed by atoms with E-state index in [1.165, 1.54) is 11.1 Å². The first kappa shape index (κ1) is 12.5. The highest BCUT2D eigenvalue weighted by Gasteiger charge is 2.31. The molecule has 0 spiro atoms. The van der Waals surface area contributed by atoms with Gasteiger partial charge in [-0.15, -0.1) is 0 Å². The highest BCUT2D eigenvalue weighted by atomic mass is 16.3. The van der Waals surface area contributed by atoms with E-state index in [4.69, 9.17) is 0 Å². The van der Waals surface area contributed by atoms with E-state index in [-0.39, 0.29) is 12.1 Å². The van der Waals surface area contributed by atoms with Crippen LogP contribution in [0, 0.1) is 0 Å². The van der Waals surface area contributed by atoms with E-state index in [1.54, 1.807) is 0 Å². The summed E-state index contributed by atoms with van der Waals surface area (Å²) < 4.78 is 0. The van der Waals surface area contributed by atoms with Gasteiger partial charge >= 0.3 is 0 Å². The SMILES string of the molecule is C/C=C\C1=C(CC)C(O)C(NC(C)C)C1. The third kappa shape index (κ3) is 2.93. The molecule has 2 heteroatoms. The summed E-state index contributed by atoms with van der Waals surface area (Å²) in [5.74, 6) is 0. The van der Waals surface area contributed by atoms with E-state index in [0.29, 0.717) is 6.04 Å². The molecule has 0 fully saturated rings. The molecule has 0 aromatic rings. The van der Waals surface area contributed by atoms with Gasteiger partial charge in [0.05, 0.1) is 6.10 Å². The molecule has 2 N–H and O–H groups in total. The van der Waals surface area contributed by atoms with Crippen LogP contribution in [0.2, 0.25) is 0 Å². The standard InChI is InChI=1S/C13H23NO/c1-5-7-10-8-12(14-9(3)4)13(15)11(10)6-2/h5,7,9,12-15H,6,8H2,1-4H3/b7-5-. The summed E-state index contributed by atoms with van der Waals surface area (Å²) in [6.45, 7) is 8.37. The maximum atomic E-state index is 10.1. The van der Waals surface area contributed by atoms with Crippen LogP contribution in [0.3, 0.4) is 0 Å². The lowest BCUT2D eigenvalue weighted by molar-refractivity contribution is 0.165. The molecule has 0 saturated carbocycles. The van der Waals surface area contributed by atoms with Crippen LogP contribution >= 0.6 is 0 Å². The van der Waals surface area contributed by atoms with Crippen molar-refractivity contribution < 1.29 is 5.11 Å². The van der Waals surface area contributed by atoms with Crippen molar-refractivity contribution in [3.05, 3.63) is 23.3 Å². The number of aliphatic hydroxyl groups excluding tert-OH is 1. The summed E-state index contributed by atoms with van der Waals surface area (Å²) >= 11 is 0. The maximum absolute atomic E-state index is 10.1. The predicted octanol–water partition coefficient (Wildman–Crippen LogP) is 2.40. The maximum Gasteiger partial charge on any atom is 0.0911 e. The Morgan fingerprint density at radius 2 is 2.20 bits per heavy atom. The van der Waals surface area contributed by atoms with Gasteiger partial charge in [0.2, 0.25) is 0 Å². The van der Waals surface area contributed by atoms with E-state index in [1.807, 2.05) is 6.92 Å². The average Bonchev–Trinajstić information content (AvgIpc) is 2.43. The molecule has 0 saturated heterocycles. The van der Waals surface area contributed by atoms with Crippen molar-refractivity contribution in [2.75, 3.05) is 0 Å². The Kier molecular flexibility index (Phi) is 4.55. The van der Waals surface area contributed by atoms with Gasteiger partial charge in [-0.1, -0.05) is 32.9 Å². The van der Waals surface area contributed by atoms with Gasteiger partial charge in [-0.2, -0.15) is 0 Å². The molecule has 1 aliphatic rings. The quantitative estimate of drug-likeness (QED) is 0.745. The van der Waals surface area contributed by atoms with Crippen molar-refractivity contribution in [1.29, 1.82) is 0 Å². The molecule has 2 atom stereocenters. The van der Waals surface area contributed by atoms with E-state index in [2.05, 4.69) is 38.2 Å². The fourth-order valence-electron chi connectivity index (χ4n) is 2.30. The van der Waals surface area contributed by atoms with Crippen LogP contribution in [0.25, 0.3) is 0 Å². The van der Waals surface area contributed by atoms with E-state index < -0.39 is 0 Å². The van der Waals surface area contributed by atoms with E-state index in [0.717, 1.165) is 12.8 Å². The summed E-state index contributed by atoms with van der Waals surface area (Å²) in [5.41, 5.74) is 2.51. The van der Waals surface area contributed by atoms with Crippen molar-refractivity contribution in [3.63, 3.8) is 0 Å². The summed E-state index contributed by atoms with van der Waals surface area (Å²) in [6, 6.07) is 0.624. The summed E-state index contributed by atoms with van der Waals surface area (Å²) in [7, 11) is 0.